The molecule has 8 heteroatoms. The first kappa shape index (κ1) is 21.0. The minimum Gasteiger partial charge on any atom is -0.454 e. The predicted molar refractivity (Wildman–Crippen MR) is 130 cm³/mol. The summed E-state index contributed by atoms with van der Waals surface area (Å²) in [6.45, 7) is 0.710. The van der Waals surface area contributed by atoms with Crippen LogP contribution >= 0.6 is 0 Å². The molecule has 174 valence electrons. The average Bonchev–Trinajstić information content (AvgIpc) is 3.50. The second kappa shape index (κ2) is 8.32. The van der Waals surface area contributed by atoms with Crippen LogP contribution in [0.2, 0.25) is 0 Å². The molecule has 3 aromatic carbocycles. The number of nitrogens with one attached hydrogen (secondary N) is 1. The summed E-state index contributed by atoms with van der Waals surface area (Å²) in [5.74, 6) is 1.17. The molecule has 0 spiro atoms. The van der Waals surface area contributed by atoms with Gasteiger partial charge in [-0.25, -0.2) is 0 Å². The zero-order valence-electron chi connectivity index (χ0n) is 18.6. The van der Waals surface area contributed by atoms with Crippen molar-refractivity contribution in [3.8, 4) is 11.5 Å². The van der Waals surface area contributed by atoms with Crippen molar-refractivity contribution in [3.05, 3.63) is 105 Å². The van der Waals surface area contributed by atoms with Gasteiger partial charge in [-0.2, -0.15) is 0 Å². The number of nitrogens with zero attached hydrogens (tertiary/aromatic N) is 2. The topological polar surface area (TPSA) is 97.7 Å². The summed E-state index contributed by atoms with van der Waals surface area (Å²) in [6.07, 6.45) is 3.82. The number of amides is 1. The minimum absolute atomic E-state index is 0.0153. The van der Waals surface area contributed by atoms with Crippen LogP contribution in [-0.4, -0.2) is 34.1 Å². The molecule has 35 heavy (non-hydrogen) atoms. The highest BCUT2D eigenvalue weighted by molar-refractivity contribution is 5.93. The van der Waals surface area contributed by atoms with Crippen molar-refractivity contribution < 1.29 is 19.2 Å². The number of ether oxygens (including phenoxy) is 2. The van der Waals surface area contributed by atoms with E-state index in [1.54, 1.807) is 18.2 Å². The molecule has 0 bridgehead atoms. The number of hydrogen-bond acceptors (Lipinski definition) is 5. The zero-order valence-corrected chi connectivity index (χ0v) is 18.6. The lowest BCUT2D eigenvalue weighted by atomic mass is 9.92. The highest BCUT2D eigenvalue weighted by Crippen LogP contribution is 2.42. The quantitative estimate of drug-likeness (QED) is 0.259. The number of non-ortho nitro benzene ring substituents is 1. The molecule has 2 aliphatic rings. The van der Waals surface area contributed by atoms with E-state index in [0.29, 0.717) is 23.6 Å². The number of carbonyl (C=O) groups is 1. The van der Waals surface area contributed by atoms with Crippen LogP contribution in [0.15, 0.2) is 72.8 Å². The van der Waals surface area contributed by atoms with Crippen LogP contribution < -0.4 is 9.47 Å². The molecule has 1 aromatic heterocycles. The van der Waals surface area contributed by atoms with Gasteiger partial charge < -0.3 is 19.4 Å². The number of benzene rings is 3. The summed E-state index contributed by atoms with van der Waals surface area (Å²) in [5.41, 5.74) is 4.71. The van der Waals surface area contributed by atoms with Crippen molar-refractivity contribution >= 4 is 28.6 Å². The molecule has 0 fully saturated rings. The molecule has 6 rings (SSSR count). The Morgan fingerprint density at radius 1 is 1.06 bits per heavy atom. The third kappa shape index (κ3) is 3.69. The molecular formula is C27H21N3O5. The predicted octanol–water partition coefficient (Wildman–Crippen LogP) is 4.99. The monoisotopic (exact) mass is 467 g/mol. The number of carbonyl (C=O) groups excluding carboxylic acids is 1. The highest BCUT2D eigenvalue weighted by atomic mass is 16.7. The number of nitro groups is 1. The fourth-order valence-electron chi connectivity index (χ4n) is 4.91. The van der Waals surface area contributed by atoms with E-state index in [0.717, 1.165) is 28.6 Å². The van der Waals surface area contributed by atoms with Gasteiger partial charge in [-0.05, 0) is 47.4 Å². The lowest BCUT2D eigenvalue weighted by molar-refractivity contribution is -0.384. The summed E-state index contributed by atoms with van der Waals surface area (Å²) < 4.78 is 11.1. The molecule has 0 saturated heterocycles. The fraction of sp³-hybridized carbons (Fsp3) is 0.148. The SMILES string of the molecule is O=C(C=Cc1cccc([N+](=O)[O-])c1)N1CCc2c([nH]c3ccccc23)C1c1ccc2c(c1)OCO2. The second-order valence-electron chi connectivity index (χ2n) is 8.55. The van der Waals surface area contributed by atoms with E-state index in [1.807, 2.05) is 41.3 Å². The molecule has 1 amide bonds. The molecule has 1 atom stereocenters. The van der Waals surface area contributed by atoms with Gasteiger partial charge in [0.15, 0.2) is 11.5 Å². The number of rotatable bonds is 4. The number of aromatic amines is 1. The number of fused-ring (bicyclic) bond motifs is 4. The fourth-order valence-corrected chi connectivity index (χ4v) is 4.91. The second-order valence-corrected chi connectivity index (χ2v) is 8.55. The van der Waals surface area contributed by atoms with Crippen molar-refractivity contribution in [2.45, 2.75) is 12.5 Å². The lowest BCUT2D eigenvalue weighted by Crippen LogP contribution is -2.39. The van der Waals surface area contributed by atoms with E-state index >= 15 is 0 Å². The summed E-state index contributed by atoms with van der Waals surface area (Å²) in [7, 11) is 0. The summed E-state index contributed by atoms with van der Waals surface area (Å²) in [4.78, 5) is 29.5. The molecular weight excluding hydrogens is 446 g/mol. The van der Waals surface area contributed by atoms with Gasteiger partial charge in [0.05, 0.1) is 11.0 Å². The number of hydrogen-bond donors (Lipinski definition) is 1. The molecule has 2 aliphatic heterocycles. The number of aromatic nitrogens is 1. The van der Waals surface area contributed by atoms with Gasteiger partial charge in [0.2, 0.25) is 12.7 Å². The Kier molecular flexibility index (Phi) is 4.99. The van der Waals surface area contributed by atoms with E-state index in [1.165, 1.54) is 23.8 Å². The van der Waals surface area contributed by atoms with Gasteiger partial charge in [-0.1, -0.05) is 36.4 Å². The Morgan fingerprint density at radius 2 is 1.91 bits per heavy atom. The maximum Gasteiger partial charge on any atom is 0.270 e. The van der Waals surface area contributed by atoms with Gasteiger partial charge in [-0.3, -0.25) is 14.9 Å². The van der Waals surface area contributed by atoms with Gasteiger partial charge in [0, 0.05) is 41.4 Å². The molecule has 0 radical (unpaired) electrons. The Hall–Kier alpha value is -4.59. The Balaban J connectivity index is 1.40. The van der Waals surface area contributed by atoms with Crippen LogP contribution in [-0.2, 0) is 11.2 Å². The van der Waals surface area contributed by atoms with Crippen LogP contribution in [0.3, 0.4) is 0 Å². The van der Waals surface area contributed by atoms with E-state index in [-0.39, 0.29) is 24.4 Å². The summed E-state index contributed by atoms with van der Waals surface area (Å²) in [6, 6.07) is 19.8. The van der Waals surface area contributed by atoms with Crippen LogP contribution in [0, 0.1) is 10.1 Å². The first-order chi connectivity index (χ1) is 17.1. The normalized spacial score (nSPS) is 16.6. The van der Waals surface area contributed by atoms with Gasteiger partial charge in [-0.15, -0.1) is 0 Å². The molecule has 1 N–H and O–H groups in total. The van der Waals surface area contributed by atoms with Gasteiger partial charge >= 0.3 is 0 Å². The number of para-hydroxylation sites is 1. The zero-order chi connectivity index (χ0) is 23.9. The molecule has 4 aromatic rings. The largest absolute Gasteiger partial charge is 0.454 e. The third-order valence-electron chi connectivity index (χ3n) is 6.53. The van der Waals surface area contributed by atoms with Crippen molar-refractivity contribution in [1.29, 1.82) is 0 Å². The molecule has 0 saturated carbocycles. The first-order valence-electron chi connectivity index (χ1n) is 11.3. The van der Waals surface area contributed by atoms with Crippen LogP contribution in [0.1, 0.15) is 28.4 Å². The van der Waals surface area contributed by atoms with Crippen molar-refractivity contribution in [1.82, 2.24) is 9.88 Å². The van der Waals surface area contributed by atoms with E-state index in [9.17, 15) is 14.9 Å². The van der Waals surface area contributed by atoms with Crippen LogP contribution in [0.25, 0.3) is 17.0 Å². The van der Waals surface area contributed by atoms with Gasteiger partial charge in [0.1, 0.15) is 0 Å². The van der Waals surface area contributed by atoms with Crippen LogP contribution in [0.5, 0.6) is 11.5 Å². The lowest BCUT2D eigenvalue weighted by Gasteiger charge is -2.35. The maximum absolute atomic E-state index is 13.5. The summed E-state index contributed by atoms with van der Waals surface area (Å²) in [5, 5.41) is 12.3. The maximum atomic E-state index is 13.5. The number of H-pyrrole nitrogens is 1. The van der Waals surface area contributed by atoms with Crippen molar-refractivity contribution in [3.63, 3.8) is 0 Å². The standard InChI is InChI=1S/C27H21N3O5/c31-25(11-8-17-4-3-5-19(14-17)30(32)33)29-13-12-21-20-6-1-2-7-22(20)28-26(21)27(29)18-9-10-23-24(15-18)35-16-34-23/h1-11,14-15,27-28H,12-13,16H2. The Labute approximate surface area is 200 Å². The highest BCUT2D eigenvalue weighted by Gasteiger charge is 2.34. The smallest absolute Gasteiger partial charge is 0.270 e. The minimum atomic E-state index is -0.448. The molecule has 8 nitrogen and oxygen atoms in total. The molecule has 0 aliphatic carbocycles. The third-order valence-corrected chi connectivity index (χ3v) is 6.53. The first-order valence-corrected chi connectivity index (χ1v) is 11.3. The number of nitro benzene ring substituents is 1. The van der Waals surface area contributed by atoms with E-state index in [4.69, 9.17) is 9.47 Å². The Bertz CT molecular complexity index is 1510. The van der Waals surface area contributed by atoms with Crippen molar-refractivity contribution in [2.75, 3.05) is 13.3 Å². The van der Waals surface area contributed by atoms with Crippen LogP contribution in [0.4, 0.5) is 5.69 Å². The van der Waals surface area contributed by atoms with E-state index in [2.05, 4.69) is 11.1 Å². The summed E-state index contributed by atoms with van der Waals surface area (Å²) >= 11 is 0. The van der Waals surface area contributed by atoms with Gasteiger partial charge in [0.25, 0.3) is 5.69 Å². The molecule has 3 heterocycles. The van der Waals surface area contributed by atoms with Crippen molar-refractivity contribution in [2.24, 2.45) is 0 Å². The Morgan fingerprint density at radius 3 is 2.80 bits per heavy atom. The average molecular weight is 467 g/mol. The van der Waals surface area contributed by atoms with E-state index < -0.39 is 4.92 Å². The molecule has 1 unspecified atom stereocenters.